The van der Waals surface area contributed by atoms with Crippen molar-refractivity contribution >= 4 is 0 Å². The SMILES string of the molecule is COCCOCO[C@@H]1[C@@H](OCOCCOC)[C@H](OC)O[C@H](Cn2cc(-c3cc(C#N)c(C#N)cc3-c3cn(C[C@H]4O[C@@H](OC)[C@H](OCOCCOC)[C@@H](OCOCCOC)[C@@H]4OCOCCOC)nn3)nn2)[C@H]1OCOCCOC. The molecule has 30 nitrogen and oxygen atoms in total. The summed E-state index contributed by atoms with van der Waals surface area (Å²) < 4.78 is 130. The summed E-state index contributed by atoms with van der Waals surface area (Å²) in [6, 6.07) is 7.32. The summed E-state index contributed by atoms with van der Waals surface area (Å²) in [5.41, 5.74) is 1.62. The molecular formula is C50H78N8O22. The van der Waals surface area contributed by atoms with Crippen LogP contribution in [0.15, 0.2) is 24.5 Å². The minimum atomic E-state index is -0.993. The number of aromatic nitrogens is 6. The maximum Gasteiger partial charge on any atom is 0.186 e. The highest BCUT2D eigenvalue weighted by molar-refractivity contribution is 5.82. The summed E-state index contributed by atoms with van der Waals surface area (Å²) in [6.07, 6.45) is -5.62. The van der Waals surface area contributed by atoms with E-state index in [2.05, 4.69) is 32.8 Å². The molecule has 3 aromatic rings. The molecule has 0 aliphatic carbocycles. The van der Waals surface area contributed by atoms with Gasteiger partial charge in [0, 0.05) is 68.0 Å². The van der Waals surface area contributed by atoms with Gasteiger partial charge in [0.2, 0.25) is 0 Å². The third-order valence-electron chi connectivity index (χ3n) is 12.1. The predicted molar refractivity (Wildman–Crippen MR) is 271 cm³/mol. The van der Waals surface area contributed by atoms with Crippen molar-refractivity contribution in [1.29, 1.82) is 10.5 Å². The Morgan fingerprint density at radius 3 is 0.975 bits per heavy atom. The molecule has 0 saturated carbocycles. The normalized spacial score (nSPS) is 23.1. The molecule has 0 radical (unpaired) electrons. The van der Waals surface area contributed by atoms with Crippen LogP contribution in [0.4, 0.5) is 0 Å². The van der Waals surface area contributed by atoms with E-state index in [-0.39, 0.29) is 105 Å². The Bertz CT molecular complexity index is 2050. The quantitative estimate of drug-likeness (QED) is 0.0556. The highest BCUT2D eigenvalue weighted by Gasteiger charge is 2.51. The highest BCUT2D eigenvalue weighted by Crippen LogP contribution is 2.35. The Morgan fingerprint density at radius 2 is 0.700 bits per heavy atom. The zero-order chi connectivity index (χ0) is 57.2. The average Bonchev–Trinajstić information content (AvgIpc) is 4.22. The zero-order valence-electron chi connectivity index (χ0n) is 46.8. The molecule has 2 saturated heterocycles. The molecule has 30 heteroatoms. The summed E-state index contributed by atoms with van der Waals surface area (Å²) in [7, 11) is 12.3. The number of methoxy groups -OCH3 is 8. The maximum absolute atomic E-state index is 10.2. The molecule has 2 aromatic heterocycles. The van der Waals surface area contributed by atoms with Gasteiger partial charge < -0.3 is 104 Å². The standard InChI is InChI=1S/C50H78N8O22/c1-59-9-15-67-29-73-43-41(79-49(65-7)47(77-33-71-19-13-63-5)45(43)75-31-69-17-11-61-3)27-57-25-39(53-55-57)37-21-35(23-51)36(24-52)22-38(37)40-26-58(56-54-40)28-42-44(74-30-68-16-10-60-2)46(76-32-70-18-12-62-4)48(50(66-8)80-42)78-34-72-20-14-64-6/h21-22,25-26,41-50H,9-20,27-34H2,1-8H3/t41-,42-,43-,44-,45+,46+,47-,48-,49-,50-/m1/s1. The van der Waals surface area contributed by atoms with Crippen molar-refractivity contribution < 1.29 is 104 Å². The number of ether oxygens (including phenoxy) is 22. The van der Waals surface area contributed by atoms with Gasteiger partial charge in [0.1, 0.15) is 113 Å². The van der Waals surface area contributed by atoms with Gasteiger partial charge in [0.15, 0.2) is 12.6 Å². The lowest BCUT2D eigenvalue weighted by Gasteiger charge is -2.45. The van der Waals surface area contributed by atoms with Gasteiger partial charge in [-0.3, -0.25) is 0 Å². The van der Waals surface area contributed by atoms with Crippen LogP contribution in [0.1, 0.15) is 11.1 Å². The lowest BCUT2D eigenvalue weighted by molar-refractivity contribution is -0.338. The molecule has 1 aromatic carbocycles. The first-order valence-electron chi connectivity index (χ1n) is 25.6. The van der Waals surface area contributed by atoms with Gasteiger partial charge in [-0.15, -0.1) is 10.2 Å². The van der Waals surface area contributed by atoms with Crippen molar-refractivity contribution in [3.05, 3.63) is 35.7 Å². The van der Waals surface area contributed by atoms with Crippen molar-refractivity contribution in [2.75, 3.05) is 177 Å². The Morgan fingerprint density at radius 1 is 0.412 bits per heavy atom. The van der Waals surface area contributed by atoms with Gasteiger partial charge in [-0.1, -0.05) is 10.4 Å². The number of hydrogen-bond donors (Lipinski definition) is 0. The van der Waals surface area contributed by atoms with E-state index in [1.807, 2.05) is 0 Å². The fourth-order valence-corrected chi connectivity index (χ4v) is 8.13. The smallest absolute Gasteiger partial charge is 0.186 e. The third kappa shape index (κ3) is 21.1. The second-order valence-corrected chi connectivity index (χ2v) is 17.3. The molecule has 2 aliphatic heterocycles. The molecule has 0 N–H and O–H groups in total. The Hall–Kier alpha value is -4.40. The number of hydrogen-bond acceptors (Lipinski definition) is 28. The van der Waals surface area contributed by atoms with Gasteiger partial charge in [-0.2, -0.15) is 10.5 Å². The van der Waals surface area contributed by atoms with Crippen LogP contribution in [0.2, 0.25) is 0 Å². The van der Waals surface area contributed by atoms with E-state index in [0.29, 0.717) is 62.2 Å². The molecule has 0 unspecified atom stereocenters. The molecule has 10 atom stereocenters. The monoisotopic (exact) mass is 1140 g/mol. The summed E-state index contributed by atoms with van der Waals surface area (Å²) in [6.45, 7) is 2.71. The van der Waals surface area contributed by atoms with Crippen molar-refractivity contribution in [1.82, 2.24) is 30.0 Å². The Balaban J connectivity index is 1.46. The Kier molecular flexibility index (Phi) is 32.5. The zero-order valence-corrected chi connectivity index (χ0v) is 46.8. The first-order valence-corrected chi connectivity index (χ1v) is 25.6. The van der Waals surface area contributed by atoms with E-state index in [9.17, 15) is 10.5 Å². The molecule has 4 heterocycles. The lowest BCUT2D eigenvalue weighted by atomic mass is 9.96. The summed E-state index contributed by atoms with van der Waals surface area (Å²) in [5, 5.41) is 38.5. The third-order valence-corrected chi connectivity index (χ3v) is 12.1. The number of rotatable bonds is 44. The van der Waals surface area contributed by atoms with Crippen molar-refractivity contribution in [2.24, 2.45) is 0 Å². The van der Waals surface area contributed by atoms with E-state index < -0.39 is 61.4 Å². The molecule has 0 bridgehead atoms. The topological polar surface area (TPSA) is 312 Å². The fraction of sp³-hybridized carbons (Fsp3) is 0.760. The van der Waals surface area contributed by atoms with Crippen LogP contribution >= 0.6 is 0 Å². The lowest BCUT2D eigenvalue weighted by Crippen LogP contribution is -2.62. The fourth-order valence-electron chi connectivity index (χ4n) is 8.13. The molecule has 80 heavy (non-hydrogen) atoms. The molecule has 450 valence electrons. The first-order chi connectivity index (χ1) is 39.3. The number of nitrogens with zero attached hydrogens (tertiary/aromatic N) is 8. The van der Waals surface area contributed by atoms with Crippen LogP contribution in [-0.4, -0.2) is 268 Å². The van der Waals surface area contributed by atoms with Crippen molar-refractivity contribution in [3.8, 4) is 34.7 Å². The van der Waals surface area contributed by atoms with Crippen LogP contribution in [-0.2, 0) is 117 Å². The van der Waals surface area contributed by atoms with E-state index >= 15 is 0 Å². The summed E-state index contributed by atoms with van der Waals surface area (Å²) >= 11 is 0. The second-order valence-electron chi connectivity index (χ2n) is 17.3. The van der Waals surface area contributed by atoms with Crippen LogP contribution in [0.25, 0.3) is 22.5 Å². The molecular weight excluding hydrogens is 1060 g/mol. The van der Waals surface area contributed by atoms with Crippen LogP contribution in [0.5, 0.6) is 0 Å². The van der Waals surface area contributed by atoms with Gasteiger partial charge >= 0.3 is 0 Å². The summed E-state index contributed by atoms with van der Waals surface area (Å²) in [5.74, 6) is 0. The van der Waals surface area contributed by atoms with Crippen LogP contribution in [0.3, 0.4) is 0 Å². The minimum absolute atomic E-state index is 0.0329. The van der Waals surface area contributed by atoms with E-state index in [4.69, 9.17) is 104 Å². The molecule has 2 fully saturated rings. The average molecular weight is 1140 g/mol. The maximum atomic E-state index is 10.2. The van der Waals surface area contributed by atoms with Crippen LogP contribution < -0.4 is 0 Å². The van der Waals surface area contributed by atoms with Gasteiger partial charge in [-0.25, -0.2) is 9.36 Å². The number of benzene rings is 1. The molecule has 0 spiro atoms. The Labute approximate surface area is 465 Å². The molecule has 0 amide bonds. The highest BCUT2D eigenvalue weighted by atomic mass is 16.8. The van der Waals surface area contributed by atoms with Crippen LogP contribution in [0, 0.1) is 22.7 Å². The largest absolute Gasteiger partial charge is 0.382 e. The van der Waals surface area contributed by atoms with Crippen molar-refractivity contribution in [2.45, 2.75) is 74.5 Å². The number of nitriles is 2. The van der Waals surface area contributed by atoms with E-state index in [0.717, 1.165) is 0 Å². The first kappa shape index (κ1) is 66.4. The van der Waals surface area contributed by atoms with Crippen molar-refractivity contribution in [3.63, 3.8) is 0 Å². The van der Waals surface area contributed by atoms with Gasteiger partial charge in [0.05, 0.1) is 116 Å². The van der Waals surface area contributed by atoms with Gasteiger partial charge in [0.25, 0.3) is 0 Å². The van der Waals surface area contributed by atoms with E-state index in [1.165, 1.54) is 23.6 Å². The van der Waals surface area contributed by atoms with E-state index in [1.54, 1.807) is 67.2 Å². The van der Waals surface area contributed by atoms with Gasteiger partial charge in [-0.05, 0) is 12.1 Å². The molecule has 2 aliphatic rings. The molecule has 5 rings (SSSR count). The second kappa shape index (κ2) is 39.1. The minimum Gasteiger partial charge on any atom is -0.382 e. The predicted octanol–water partition coefficient (Wildman–Crippen LogP) is 0.724. The summed E-state index contributed by atoms with van der Waals surface area (Å²) in [4.78, 5) is 0.